The average Bonchev–Trinajstić information content (AvgIpc) is 2.45. The molecule has 1 heterocycles. The molecule has 5 heteroatoms. The van der Waals surface area contributed by atoms with Gasteiger partial charge in [0.2, 0.25) is 0 Å². The van der Waals surface area contributed by atoms with Gasteiger partial charge in [-0.1, -0.05) is 18.5 Å². The molecule has 0 saturated carbocycles. The van der Waals surface area contributed by atoms with E-state index in [9.17, 15) is 9.90 Å². The Morgan fingerprint density at radius 3 is 2.75 bits per heavy atom. The largest absolute Gasteiger partial charge is 0.507 e. The molecular formula is C15H21ClN2O2. The van der Waals surface area contributed by atoms with Crippen LogP contribution in [0.3, 0.4) is 0 Å². The molecule has 1 aliphatic heterocycles. The van der Waals surface area contributed by atoms with Crippen molar-refractivity contribution in [1.82, 2.24) is 10.2 Å². The molecule has 0 spiro atoms. The normalized spacial score (nSPS) is 17.1. The van der Waals surface area contributed by atoms with Crippen LogP contribution >= 0.6 is 11.6 Å². The van der Waals surface area contributed by atoms with E-state index < -0.39 is 0 Å². The van der Waals surface area contributed by atoms with Crippen LogP contribution in [0.2, 0.25) is 5.02 Å². The lowest BCUT2D eigenvalue weighted by atomic mass is 9.96. The summed E-state index contributed by atoms with van der Waals surface area (Å²) in [5, 5.41) is 13.0. The van der Waals surface area contributed by atoms with E-state index in [1.165, 1.54) is 6.07 Å². The van der Waals surface area contributed by atoms with Gasteiger partial charge in [0, 0.05) is 11.6 Å². The topological polar surface area (TPSA) is 52.6 Å². The number of nitrogens with zero attached hydrogens (tertiary/aromatic N) is 1. The third-order valence-corrected chi connectivity index (χ3v) is 4.15. The quantitative estimate of drug-likeness (QED) is 0.897. The Hall–Kier alpha value is -1.26. The first-order valence-corrected chi connectivity index (χ1v) is 7.47. The number of piperidine rings is 1. The summed E-state index contributed by atoms with van der Waals surface area (Å²) in [6.07, 6.45) is 2.22. The van der Waals surface area contributed by atoms with Crippen molar-refractivity contribution in [2.75, 3.05) is 26.2 Å². The molecule has 1 aliphatic rings. The molecule has 0 radical (unpaired) electrons. The highest BCUT2D eigenvalue weighted by molar-refractivity contribution is 6.30. The number of aromatic hydroxyl groups is 1. The first-order valence-electron chi connectivity index (χ1n) is 7.09. The van der Waals surface area contributed by atoms with Crippen molar-refractivity contribution in [3.05, 3.63) is 28.8 Å². The second-order valence-corrected chi connectivity index (χ2v) is 5.69. The van der Waals surface area contributed by atoms with Gasteiger partial charge >= 0.3 is 0 Å². The molecule has 1 aromatic carbocycles. The molecule has 0 atom stereocenters. The van der Waals surface area contributed by atoms with Crippen LogP contribution in [0, 0.1) is 5.92 Å². The summed E-state index contributed by atoms with van der Waals surface area (Å²) in [5.41, 5.74) is 0.278. The number of carbonyl (C=O) groups is 1. The summed E-state index contributed by atoms with van der Waals surface area (Å²) in [6, 6.07) is 4.54. The summed E-state index contributed by atoms with van der Waals surface area (Å²) >= 11 is 5.75. The molecule has 1 amide bonds. The zero-order chi connectivity index (χ0) is 14.5. The molecule has 0 aliphatic carbocycles. The third-order valence-electron chi connectivity index (χ3n) is 3.91. The van der Waals surface area contributed by atoms with Gasteiger partial charge in [0.25, 0.3) is 5.91 Å². The molecule has 1 saturated heterocycles. The number of hydrogen-bond donors (Lipinski definition) is 2. The Morgan fingerprint density at radius 1 is 1.45 bits per heavy atom. The predicted octanol–water partition coefficient (Wildman–Crippen LogP) is 2.51. The lowest BCUT2D eigenvalue weighted by molar-refractivity contribution is 0.0934. The zero-order valence-electron chi connectivity index (χ0n) is 11.7. The Morgan fingerprint density at radius 2 is 2.15 bits per heavy atom. The van der Waals surface area contributed by atoms with Crippen molar-refractivity contribution >= 4 is 17.5 Å². The summed E-state index contributed by atoms with van der Waals surface area (Å²) in [5.74, 6) is 0.212. The van der Waals surface area contributed by atoms with Gasteiger partial charge in [-0.15, -0.1) is 0 Å². The van der Waals surface area contributed by atoms with Crippen molar-refractivity contribution in [1.29, 1.82) is 0 Å². The molecular weight excluding hydrogens is 276 g/mol. The SMILES string of the molecule is CCN1CCC(CNC(=O)c2ccc(Cl)cc2O)CC1. The zero-order valence-corrected chi connectivity index (χ0v) is 12.5. The molecule has 4 nitrogen and oxygen atoms in total. The summed E-state index contributed by atoms with van der Waals surface area (Å²) < 4.78 is 0. The maximum Gasteiger partial charge on any atom is 0.255 e. The van der Waals surface area contributed by atoms with Gasteiger partial charge in [-0.05, 0) is 56.6 Å². The molecule has 110 valence electrons. The fourth-order valence-electron chi connectivity index (χ4n) is 2.54. The van der Waals surface area contributed by atoms with Crippen molar-refractivity contribution in [3.63, 3.8) is 0 Å². The van der Waals surface area contributed by atoms with E-state index in [0.29, 0.717) is 17.5 Å². The number of benzene rings is 1. The lowest BCUT2D eigenvalue weighted by Gasteiger charge is -2.31. The fraction of sp³-hybridized carbons (Fsp3) is 0.533. The average molecular weight is 297 g/mol. The van der Waals surface area contributed by atoms with E-state index >= 15 is 0 Å². The molecule has 2 rings (SSSR count). The van der Waals surface area contributed by atoms with Gasteiger partial charge < -0.3 is 15.3 Å². The van der Waals surface area contributed by atoms with Crippen molar-refractivity contribution in [2.45, 2.75) is 19.8 Å². The third kappa shape index (κ3) is 3.87. The van der Waals surface area contributed by atoms with Crippen LogP contribution < -0.4 is 5.32 Å². The van der Waals surface area contributed by atoms with Gasteiger partial charge in [0.1, 0.15) is 5.75 Å². The fourth-order valence-corrected chi connectivity index (χ4v) is 2.70. The van der Waals surface area contributed by atoms with Crippen LogP contribution in [0.1, 0.15) is 30.1 Å². The van der Waals surface area contributed by atoms with E-state index in [0.717, 1.165) is 32.5 Å². The predicted molar refractivity (Wildman–Crippen MR) is 80.3 cm³/mol. The van der Waals surface area contributed by atoms with Crippen molar-refractivity contribution in [2.24, 2.45) is 5.92 Å². The van der Waals surface area contributed by atoms with Crippen LogP contribution in [0.4, 0.5) is 0 Å². The maximum absolute atomic E-state index is 12.0. The second-order valence-electron chi connectivity index (χ2n) is 5.25. The number of phenols is 1. The number of hydrogen-bond acceptors (Lipinski definition) is 3. The van der Waals surface area contributed by atoms with Crippen LogP contribution in [-0.2, 0) is 0 Å². The monoisotopic (exact) mass is 296 g/mol. The van der Waals surface area contributed by atoms with Crippen LogP contribution in [0.5, 0.6) is 5.75 Å². The Balaban J connectivity index is 1.83. The number of halogens is 1. The molecule has 2 N–H and O–H groups in total. The summed E-state index contributed by atoms with van der Waals surface area (Å²) in [4.78, 5) is 14.4. The lowest BCUT2D eigenvalue weighted by Crippen LogP contribution is -2.38. The van der Waals surface area contributed by atoms with Gasteiger partial charge in [0.05, 0.1) is 5.56 Å². The van der Waals surface area contributed by atoms with E-state index in [4.69, 9.17) is 11.6 Å². The van der Waals surface area contributed by atoms with Crippen molar-refractivity contribution in [3.8, 4) is 5.75 Å². The number of phenolic OH excluding ortho intramolecular Hbond substituents is 1. The number of rotatable bonds is 4. The van der Waals surface area contributed by atoms with Gasteiger partial charge in [-0.25, -0.2) is 0 Å². The number of carbonyl (C=O) groups excluding carboxylic acids is 1. The Labute approximate surface area is 124 Å². The minimum absolute atomic E-state index is 0.0733. The number of nitrogens with one attached hydrogen (secondary N) is 1. The van der Waals surface area contributed by atoms with E-state index in [2.05, 4.69) is 17.1 Å². The minimum atomic E-state index is -0.239. The number of likely N-dealkylation sites (tertiary alicyclic amines) is 1. The molecule has 0 unspecified atom stereocenters. The molecule has 20 heavy (non-hydrogen) atoms. The molecule has 0 aromatic heterocycles. The highest BCUT2D eigenvalue weighted by Gasteiger charge is 2.19. The molecule has 1 aromatic rings. The van der Waals surface area contributed by atoms with Gasteiger partial charge in [0.15, 0.2) is 0 Å². The van der Waals surface area contributed by atoms with Crippen LogP contribution in [0.15, 0.2) is 18.2 Å². The first kappa shape index (κ1) is 15.1. The highest BCUT2D eigenvalue weighted by Crippen LogP contribution is 2.22. The Bertz CT molecular complexity index is 471. The van der Waals surface area contributed by atoms with E-state index in [-0.39, 0.29) is 17.2 Å². The standard InChI is InChI=1S/C15H21ClN2O2/c1-2-18-7-5-11(6-8-18)10-17-15(20)13-4-3-12(16)9-14(13)19/h3-4,9,11,19H,2,5-8,10H2,1H3,(H,17,20). The summed E-state index contributed by atoms with van der Waals surface area (Å²) in [6.45, 7) is 6.13. The number of amides is 1. The van der Waals surface area contributed by atoms with Gasteiger partial charge in [-0.3, -0.25) is 4.79 Å². The van der Waals surface area contributed by atoms with Crippen LogP contribution in [-0.4, -0.2) is 42.1 Å². The smallest absolute Gasteiger partial charge is 0.255 e. The molecule has 0 bridgehead atoms. The second kappa shape index (κ2) is 6.95. The van der Waals surface area contributed by atoms with Gasteiger partial charge in [-0.2, -0.15) is 0 Å². The summed E-state index contributed by atoms with van der Waals surface area (Å²) in [7, 11) is 0. The van der Waals surface area contributed by atoms with Crippen molar-refractivity contribution < 1.29 is 9.90 Å². The van der Waals surface area contributed by atoms with E-state index in [1.54, 1.807) is 12.1 Å². The Kier molecular flexibility index (Phi) is 5.26. The highest BCUT2D eigenvalue weighted by atomic mass is 35.5. The van der Waals surface area contributed by atoms with E-state index in [1.807, 2.05) is 0 Å². The maximum atomic E-state index is 12.0. The molecule has 1 fully saturated rings. The first-order chi connectivity index (χ1) is 9.60. The minimum Gasteiger partial charge on any atom is -0.507 e. The van der Waals surface area contributed by atoms with Crippen LogP contribution in [0.25, 0.3) is 0 Å².